The van der Waals surface area contributed by atoms with Gasteiger partial charge in [-0.1, -0.05) is 0 Å². The minimum Gasteiger partial charge on any atom is -0.393 e. The third-order valence-electron chi connectivity index (χ3n) is 2.78. The Hall–Kier alpha value is -0.380. The zero-order valence-corrected chi connectivity index (χ0v) is 8.82. The quantitative estimate of drug-likeness (QED) is 0.719. The minimum atomic E-state index is -0.242. The number of aliphatic hydroxyl groups is 1. The molecule has 3 N–H and O–H groups in total. The molecule has 1 aliphatic carbocycles. The van der Waals surface area contributed by atoms with Crippen molar-refractivity contribution >= 4 is 11.3 Å². The van der Waals surface area contributed by atoms with Crippen molar-refractivity contribution in [1.29, 1.82) is 0 Å². The maximum atomic E-state index is 9.27. The van der Waals surface area contributed by atoms with E-state index in [-0.39, 0.29) is 11.6 Å². The van der Waals surface area contributed by atoms with Crippen molar-refractivity contribution in [3.8, 4) is 0 Å². The summed E-state index contributed by atoms with van der Waals surface area (Å²) in [5.41, 5.74) is 7.17. The Labute approximate surface area is 82.4 Å². The van der Waals surface area contributed by atoms with Crippen LogP contribution in [0.1, 0.15) is 28.2 Å². The fraction of sp³-hybridized carbons (Fsp3) is 0.600. The number of hydrogen-bond acceptors (Lipinski definition) is 3. The monoisotopic (exact) mass is 197 g/mol. The van der Waals surface area contributed by atoms with E-state index in [1.54, 1.807) is 11.3 Å². The highest BCUT2D eigenvalue weighted by Gasteiger charge is 2.42. The maximum absolute atomic E-state index is 9.27. The van der Waals surface area contributed by atoms with E-state index in [0.29, 0.717) is 12.8 Å². The van der Waals surface area contributed by atoms with Gasteiger partial charge >= 0.3 is 0 Å². The summed E-state index contributed by atoms with van der Waals surface area (Å²) in [6.45, 7) is 4.20. The first-order chi connectivity index (χ1) is 6.01. The van der Waals surface area contributed by atoms with Gasteiger partial charge in [-0.25, -0.2) is 0 Å². The Morgan fingerprint density at radius 1 is 1.54 bits per heavy atom. The normalized spacial score (nSPS) is 33.1. The van der Waals surface area contributed by atoms with Crippen molar-refractivity contribution in [2.45, 2.75) is 38.3 Å². The lowest BCUT2D eigenvalue weighted by Gasteiger charge is -2.42. The highest BCUT2D eigenvalue weighted by atomic mass is 32.1. The first-order valence-electron chi connectivity index (χ1n) is 4.56. The molecule has 0 amide bonds. The number of nitrogens with two attached hydrogens (primary N) is 1. The average molecular weight is 197 g/mol. The van der Waals surface area contributed by atoms with Crippen molar-refractivity contribution < 1.29 is 5.11 Å². The maximum Gasteiger partial charge on any atom is 0.0582 e. The Morgan fingerprint density at radius 2 is 2.15 bits per heavy atom. The van der Waals surface area contributed by atoms with Crippen LogP contribution in [0.2, 0.25) is 0 Å². The van der Waals surface area contributed by atoms with Crippen LogP contribution in [0.15, 0.2) is 6.07 Å². The first kappa shape index (κ1) is 9.19. The molecule has 1 heterocycles. The molecule has 0 aliphatic heterocycles. The summed E-state index contributed by atoms with van der Waals surface area (Å²) in [4.78, 5) is 2.60. The molecular formula is C10H15NOS. The second-order valence-electron chi connectivity index (χ2n) is 4.05. The average Bonchev–Trinajstić information content (AvgIpc) is 2.27. The van der Waals surface area contributed by atoms with E-state index < -0.39 is 0 Å². The molecule has 0 radical (unpaired) electrons. The molecule has 13 heavy (non-hydrogen) atoms. The van der Waals surface area contributed by atoms with Crippen molar-refractivity contribution in [3.63, 3.8) is 0 Å². The van der Waals surface area contributed by atoms with Gasteiger partial charge in [-0.05, 0) is 38.3 Å². The molecule has 72 valence electrons. The van der Waals surface area contributed by atoms with E-state index in [0.717, 1.165) is 0 Å². The van der Waals surface area contributed by atoms with Crippen LogP contribution >= 0.6 is 11.3 Å². The summed E-state index contributed by atoms with van der Waals surface area (Å²) in [5, 5.41) is 9.27. The number of aryl methyl sites for hydroxylation is 2. The summed E-state index contributed by atoms with van der Waals surface area (Å²) in [6.07, 6.45) is 1.23. The summed E-state index contributed by atoms with van der Waals surface area (Å²) in [5.74, 6) is 0. The molecule has 2 rings (SSSR count). The summed E-state index contributed by atoms with van der Waals surface area (Å²) in [6, 6.07) is 2.16. The molecule has 0 bridgehead atoms. The molecule has 1 saturated carbocycles. The lowest BCUT2D eigenvalue weighted by Crippen LogP contribution is -2.51. The molecule has 1 aromatic rings. The molecular weight excluding hydrogens is 182 g/mol. The van der Waals surface area contributed by atoms with Crippen molar-refractivity contribution in [1.82, 2.24) is 0 Å². The van der Waals surface area contributed by atoms with Crippen molar-refractivity contribution in [2.75, 3.05) is 0 Å². The fourth-order valence-electron chi connectivity index (χ4n) is 2.13. The van der Waals surface area contributed by atoms with Gasteiger partial charge in [0.05, 0.1) is 6.10 Å². The van der Waals surface area contributed by atoms with Crippen LogP contribution in [0.3, 0.4) is 0 Å². The lowest BCUT2D eigenvalue weighted by molar-refractivity contribution is 0.0209. The van der Waals surface area contributed by atoms with Gasteiger partial charge in [0.2, 0.25) is 0 Å². The molecule has 1 aliphatic rings. The van der Waals surface area contributed by atoms with Crippen LogP contribution in [0.25, 0.3) is 0 Å². The van der Waals surface area contributed by atoms with Crippen molar-refractivity contribution in [3.05, 3.63) is 21.4 Å². The molecule has 0 atom stereocenters. The Bertz CT molecular complexity index is 326. The van der Waals surface area contributed by atoms with Gasteiger partial charge in [0, 0.05) is 15.3 Å². The van der Waals surface area contributed by atoms with Crippen LogP contribution < -0.4 is 5.73 Å². The topological polar surface area (TPSA) is 46.2 Å². The standard InChI is InChI=1S/C10H15NOS/c1-6-3-9(7(2)13-6)10(11)4-8(12)5-10/h3,8,12H,4-5,11H2,1-2H3. The zero-order valence-electron chi connectivity index (χ0n) is 8.00. The second-order valence-corrected chi connectivity index (χ2v) is 5.51. The minimum absolute atomic E-state index is 0.190. The molecule has 1 fully saturated rings. The summed E-state index contributed by atoms with van der Waals surface area (Å²) >= 11 is 1.78. The van der Waals surface area contributed by atoms with E-state index in [9.17, 15) is 5.11 Å². The van der Waals surface area contributed by atoms with Gasteiger partial charge in [0.15, 0.2) is 0 Å². The SMILES string of the molecule is Cc1cc(C2(N)CC(O)C2)c(C)s1. The molecule has 0 unspecified atom stereocenters. The zero-order chi connectivity index (χ0) is 9.64. The molecule has 0 spiro atoms. The van der Waals surface area contributed by atoms with E-state index in [4.69, 9.17) is 5.73 Å². The first-order valence-corrected chi connectivity index (χ1v) is 5.37. The van der Waals surface area contributed by atoms with Gasteiger partial charge < -0.3 is 10.8 Å². The largest absolute Gasteiger partial charge is 0.393 e. The van der Waals surface area contributed by atoms with E-state index >= 15 is 0 Å². The van der Waals surface area contributed by atoms with Gasteiger partial charge in [-0.2, -0.15) is 0 Å². The third kappa shape index (κ3) is 1.41. The second kappa shape index (κ2) is 2.80. The highest BCUT2D eigenvalue weighted by Crippen LogP contribution is 2.42. The van der Waals surface area contributed by atoms with E-state index in [1.165, 1.54) is 15.3 Å². The number of hydrogen-bond donors (Lipinski definition) is 2. The fourth-order valence-corrected chi connectivity index (χ4v) is 3.16. The van der Waals surface area contributed by atoms with E-state index in [2.05, 4.69) is 19.9 Å². The Balaban J connectivity index is 2.30. The van der Waals surface area contributed by atoms with Crippen LogP contribution in [-0.2, 0) is 5.54 Å². The van der Waals surface area contributed by atoms with Gasteiger partial charge in [-0.15, -0.1) is 11.3 Å². The summed E-state index contributed by atoms with van der Waals surface area (Å²) < 4.78 is 0. The summed E-state index contributed by atoms with van der Waals surface area (Å²) in [7, 11) is 0. The van der Waals surface area contributed by atoms with Crippen LogP contribution in [0.5, 0.6) is 0 Å². The van der Waals surface area contributed by atoms with Gasteiger partial charge in [-0.3, -0.25) is 0 Å². The molecule has 0 saturated heterocycles. The Kier molecular flexibility index (Phi) is 1.98. The predicted octanol–water partition coefficient (Wildman–Crippen LogP) is 1.67. The van der Waals surface area contributed by atoms with Gasteiger partial charge in [0.1, 0.15) is 0 Å². The Morgan fingerprint density at radius 3 is 2.54 bits per heavy atom. The van der Waals surface area contributed by atoms with Gasteiger partial charge in [0.25, 0.3) is 0 Å². The molecule has 1 aromatic heterocycles. The number of rotatable bonds is 1. The molecule has 0 aromatic carbocycles. The third-order valence-corrected chi connectivity index (χ3v) is 3.74. The molecule has 3 heteroatoms. The lowest BCUT2D eigenvalue weighted by atomic mass is 9.71. The highest BCUT2D eigenvalue weighted by molar-refractivity contribution is 7.12. The van der Waals surface area contributed by atoms with Crippen LogP contribution in [0, 0.1) is 13.8 Å². The smallest absolute Gasteiger partial charge is 0.0582 e. The van der Waals surface area contributed by atoms with Crippen LogP contribution in [-0.4, -0.2) is 11.2 Å². The van der Waals surface area contributed by atoms with Crippen molar-refractivity contribution in [2.24, 2.45) is 5.73 Å². The predicted molar refractivity (Wildman–Crippen MR) is 54.9 cm³/mol. The van der Waals surface area contributed by atoms with E-state index in [1.807, 2.05) is 0 Å². The number of thiophene rings is 1. The molecule has 2 nitrogen and oxygen atoms in total. The number of aliphatic hydroxyl groups excluding tert-OH is 1. The van der Waals surface area contributed by atoms with Crippen LogP contribution in [0.4, 0.5) is 0 Å².